The fourth-order valence-corrected chi connectivity index (χ4v) is 3.07. The number of aryl methyl sites for hydroxylation is 2. The molecular formula is C23H27NO3. The first kappa shape index (κ1) is 19.0. The van der Waals surface area contributed by atoms with Crippen LogP contribution < -0.4 is 15.0 Å². The van der Waals surface area contributed by atoms with Crippen LogP contribution in [0.2, 0.25) is 0 Å². The fourth-order valence-electron chi connectivity index (χ4n) is 3.07. The van der Waals surface area contributed by atoms with Crippen molar-refractivity contribution in [2.75, 3.05) is 6.61 Å². The van der Waals surface area contributed by atoms with Crippen molar-refractivity contribution in [3.8, 4) is 11.5 Å². The molecule has 0 saturated heterocycles. The van der Waals surface area contributed by atoms with Crippen molar-refractivity contribution in [3.63, 3.8) is 0 Å². The van der Waals surface area contributed by atoms with Crippen LogP contribution in [-0.4, -0.2) is 17.3 Å². The Labute approximate surface area is 160 Å². The monoisotopic (exact) mass is 365 g/mol. The van der Waals surface area contributed by atoms with E-state index in [1.807, 2.05) is 75.5 Å². The van der Waals surface area contributed by atoms with E-state index in [1.165, 1.54) is 0 Å². The van der Waals surface area contributed by atoms with Gasteiger partial charge < -0.3 is 14.0 Å². The number of hydrogen-bond acceptors (Lipinski definition) is 3. The highest BCUT2D eigenvalue weighted by molar-refractivity contribution is 5.82. The van der Waals surface area contributed by atoms with Crippen LogP contribution in [0.4, 0.5) is 0 Å². The molecule has 1 aromatic heterocycles. The van der Waals surface area contributed by atoms with Crippen molar-refractivity contribution in [2.45, 2.75) is 46.3 Å². The van der Waals surface area contributed by atoms with Gasteiger partial charge >= 0.3 is 0 Å². The summed E-state index contributed by atoms with van der Waals surface area (Å²) in [7, 11) is 0. The Hall–Kier alpha value is -2.75. The smallest absolute Gasteiger partial charge is 0.258 e. The minimum absolute atomic E-state index is 0.0448. The van der Waals surface area contributed by atoms with Gasteiger partial charge in [0.15, 0.2) is 0 Å². The lowest BCUT2D eigenvalue weighted by atomic mass is 10.1. The van der Waals surface area contributed by atoms with E-state index < -0.39 is 0 Å². The molecule has 0 N–H and O–H groups in total. The van der Waals surface area contributed by atoms with Crippen molar-refractivity contribution in [1.29, 1.82) is 0 Å². The number of ether oxygens (including phenoxy) is 2. The molecule has 142 valence electrons. The molecule has 3 rings (SSSR count). The number of pyridine rings is 1. The Bertz CT molecular complexity index is 959. The first-order valence-electron chi connectivity index (χ1n) is 9.53. The molecule has 0 unspecified atom stereocenters. The average Bonchev–Trinajstić information content (AvgIpc) is 2.64. The van der Waals surface area contributed by atoms with Gasteiger partial charge in [0.1, 0.15) is 11.5 Å². The molecule has 0 aliphatic carbocycles. The molecule has 0 spiro atoms. The van der Waals surface area contributed by atoms with Gasteiger partial charge in [0.25, 0.3) is 5.56 Å². The van der Waals surface area contributed by atoms with E-state index in [2.05, 4.69) is 0 Å². The van der Waals surface area contributed by atoms with Crippen LogP contribution in [0, 0.1) is 6.92 Å². The highest BCUT2D eigenvalue weighted by atomic mass is 16.5. The summed E-state index contributed by atoms with van der Waals surface area (Å²) in [5.41, 5.74) is 1.19. The van der Waals surface area contributed by atoms with Crippen LogP contribution in [-0.2, 0) is 6.54 Å². The van der Waals surface area contributed by atoms with Gasteiger partial charge in [0.2, 0.25) is 0 Å². The number of aromatic nitrogens is 1. The van der Waals surface area contributed by atoms with Crippen molar-refractivity contribution < 1.29 is 9.47 Å². The fraction of sp³-hybridized carbons (Fsp3) is 0.348. The Balaban J connectivity index is 1.58. The first-order chi connectivity index (χ1) is 13.0. The summed E-state index contributed by atoms with van der Waals surface area (Å²) in [6.07, 6.45) is 3.78. The van der Waals surface area contributed by atoms with E-state index in [0.29, 0.717) is 13.2 Å². The predicted molar refractivity (Wildman–Crippen MR) is 110 cm³/mol. The number of fused-ring (bicyclic) bond motifs is 1. The molecule has 0 aliphatic rings. The third kappa shape index (κ3) is 4.91. The van der Waals surface area contributed by atoms with Gasteiger partial charge in [-0.1, -0.05) is 18.2 Å². The van der Waals surface area contributed by atoms with Crippen molar-refractivity contribution >= 4 is 10.8 Å². The van der Waals surface area contributed by atoms with Gasteiger partial charge in [0.05, 0.1) is 12.7 Å². The average molecular weight is 365 g/mol. The van der Waals surface area contributed by atoms with E-state index in [1.54, 1.807) is 4.57 Å². The molecule has 0 amide bonds. The van der Waals surface area contributed by atoms with Gasteiger partial charge in [0, 0.05) is 18.1 Å². The Morgan fingerprint density at radius 1 is 1.04 bits per heavy atom. The summed E-state index contributed by atoms with van der Waals surface area (Å²) in [5.74, 6) is 1.72. The number of nitrogens with zero attached hydrogens (tertiary/aromatic N) is 1. The topological polar surface area (TPSA) is 40.5 Å². The zero-order valence-corrected chi connectivity index (χ0v) is 16.3. The summed E-state index contributed by atoms with van der Waals surface area (Å²) >= 11 is 0. The lowest BCUT2D eigenvalue weighted by Gasteiger charge is -2.12. The third-order valence-electron chi connectivity index (χ3n) is 4.46. The Kier molecular flexibility index (Phi) is 6.17. The van der Waals surface area contributed by atoms with E-state index in [4.69, 9.17) is 9.47 Å². The first-order valence-corrected chi connectivity index (χ1v) is 9.53. The highest BCUT2D eigenvalue weighted by Crippen LogP contribution is 2.20. The van der Waals surface area contributed by atoms with Crippen LogP contribution in [0.15, 0.2) is 59.5 Å². The highest BCUT2D eigenvalue weighted by Gasteiger charge is 2.06. The maximum absolute atomic E-state index is 12.7. The third-order valence-corrected chi connectivity index (χ3v) is 4.46. The van der Waals surface area contributed by atoms with E-state index in [0.717, 1.165) is 40.7 Å². The number of rotatable bonds is 8. The van der Waals surface area contributed by atoms with Crippen molar-refractivity contribution in [3.05, 3.63) is 70.6 Å². The number of unbranched alkanes of at least 4 members (excludes halogenated alkanes) is 1. The maximum atomic E-state index is 12.7. The van der Waals surface area contributed by atoms with Crippen molar-refractivity contribution in [1.82, 2.24) is 4.57 Å². The maximum Gasteiger partial charge on any atom is 0.258 e. The second kappa shape index (κ2) is 8.76. The van der Waals surface area contributed by atoms with Crippen LogP contribution in [0.5, 0.6) is 11.5 Å². The molecule has 2 aromatic carbocycles. The normalized spacial score (nSPS) is 11.1. The van der Waals surface area contributed by atoms with Crippen LogP contribution in [0.3, 0.4) is 0 Å². The minimum Gasteiger partial charge on any atom is -0.493 e. The Morgan fingerprint density at radius 3 is 2.63 bits per heavy atom. The largest absolute Gasteiger partial charge is 0.493 e. The van der Waals surface area contributed by atoms with Crippen LogP contribution in [0.25, 0.3) is 10.8 Å². The summed E-state index contributed by atoms with van der Waals surface area (Å²) in [4.78, 5) is 12.7. The lowest BCUT2D eigenvalue weighted by Crippen LogP contribution is -2.20. The zero-order chi connectivity index (χ0) is 19.2. The van der Waals surface area contributed by atoms with Gasteiger partial charge in [-0.3, -0.25) is 4.79 Å². The molecule has 0 aliphatic heterocycles. The van der Waals surface area contributed by atoms with Gasteiger partial charge in [-0.05, 0) is 74.9 Å². The molecule has 1 heterocycles. The molecule has 0 radical (unpaired) electrons. The lowest BCUT2D eigenvalue weighted by molar-refractivity contribution is 0.243. The molecule has 0 bridgehead atoms. The van der Waals surface area contributed by atoms with Crippen LogP contribution in [0.1, 0.15) is 32.3 Å². The van der Waals surface area contributed by atoms with E-state index >= 15 is 0 Å². The second-order valence-electron chi connectivity index (χ2n) is 7.05. The molecule has 0 fully saturated rings. The standard InChI is InChI=1S/C23H27NO3/c1-17(2)27-20-10-11-21-19(16-20)12-14-24(23(21)25)13-6-7-15-26-22-9-5-4-8-18(22)3/h4-5,8-12,14,16-17H,6-7,13,15H2,1-3H3. The molecule has 4 heteroatoms. The molecular weight excluding hydrogens is 338 g/mol. The summed E-state index contributed by atoms with van der Waals surface area (Å²) in [6, 6.07) is 15.6. The molecule has 3 aromatic rings. The van der Waals surface area contributed by atoms with E-state index in [-0.39, 0.29) is 11.7 Å². The predicted octanol–water partition coefficient (Wildman–Crippen LogP) is 4.96. The number of benzene rings is 2. The number of para-hydroxylation sites is 1. The summed E-state index contributed by atoms with van der Waals surface area (Å²) in [6.45, 7) is 7.37. The van der Waals surface area contributed by atoms with E-state index in [9.17, 15) is 4.79 Å². The number of hydrogen-bond donors (Lipinski definition) is 0. The SMILES string of the molecule is Cc1ccccc1OCCCCn1ccc2cc(OC(C)C)ccc2c1=O. The molecule has 0 atom stereocenters. The quantitative estimate of drug-likeness (QED) is 0.530. The van der Waals surface area contributed by atoms with Crippen LogP contribution >= 0.6 is 0 Å². The van der Waals surface area contributed by atoms with Crippen molar-refractivity contribution in [2.24, 2.45) is 0 Å². The van der Waals surface area contributed by atoms with Gasteiger partial charge in [-0.25, -0.2) is 0 Å². The van der Waals surface area contributed by atoms with Gasteiger partial charge in [-0.15, -0.1) is 0 Å². The molecule has 27 heavy (non-hydrogen) atoms. The molecule has 0 saturated carbocycles. The summed E-state index contributed by atoms with van der Waals surface area (Å²) < 4.78 is 13.3. The summed E-state index contributed by atoms with van der Waals surface area (Å²) in [5, 5.41) is 1.64. The second-order valence-corrected chi connectivity index (χ2v) is 7.05. The molecule has 4 nitrogen and oxygen atoms in total. The van der Waals surface area contributed by atoms with Gasteiger partial charge in [-0.2, -0.15) is 0 Å². The Morgan fingerprint density at radius 2 is 1.85 bits per heavy atom. The minimum atomic E-state index is 0.0448. The zero-order valence-electron chi connectivity index (χ0n) is 16.3.